The van der Waals surface area contributed by atoms with Crippen LogP contribution in [0, 0.1) is 23.3 Å². The van der Waals surface area contributed by atoms with Gasteiger partial charge in [-0.2, -0.15) is 0 Å². The number of nitrogens with one attached hydrogen (secondary N) is 1. The van der Waals surface area contributed by atoms with Crippen LogP contribution in [0.2, 0.25) is 0 Å². The fourth-order valence-corrected chi connectivity index (χ4v) is 1.79. The first-order valence-electron chi connectivity index (χ1n) is 5.35. The van der Waals surface area contributed by atoms with Crippen LogP contribution in [0.5, 0.6) is 0 Å². The van der Waals surface area contributed by atoms with Gasteiger partial charge in [0.2, 0.25) is 0 Å². The molecule has 6 heteroatoms. The van der Waals surface area contributed by atoms with E-state index in [0.29, 0.717) is 0 Å². The summed E-state index contributed by atoms with van der Waals surface area (Å²) in [6, 6.07) is 5.13. The van der Waals surface area contributed by atoms with Gasteiger partial charge < -0.3 is 4.98 Å². The van der Waals surface area contributed by atoms with Gasteiger partial charge in [0.05, 0.1) is 11.0 Å². The van der Waals surface area contributed by atoms with E-state index in [0.717, 1.165) is 24.3 Å². The lowest BCUT2D eigenvalue weighted by molar-refractivity contribution is 0.509. The number of H-pyrrole nitrogens is 1. The zero-order valence-electron chi connectivity index (χ0n) is 9.35. The lowest BCUT2D eigenvalue weighted by Crippen LogP contribution is -1.86. The van der Waals surface area contributed by atoms with Gasteiger partial charge in [0.25, 0.3) is 0 Å². The van der Waals surface area contributed by atoms with E-state index in [1.165, 1.54) is 6.07 Å². The molecule has 0 aliphatic rings. The number of benzene rings is 2. The summed E-state index contributed by atoms with van der Waals surface area (Å²) in [5.74, 6) is -3.81. The van der Waals surface area contributed by atoms with Crippen molar-refractivity contribution in [2.45, 2.75) is 0 Å². The van der Waals surface area contributed by atoms with Crippen LogP contribution < -0.4 is 0 Å². The van der Waals surface area contributed by atoms with E-state index in [9.17, 15) is 17.6 Å². The molecule has 0 fully saturated rings. The van der Waals surface area contributed by atoms with Crippen molar-refractivity contribution >= 4 is 11.0 Å². The average Bonchev–Trinajstić information content (AvgIpc) is 2.76. The summed E-state index contributed by atoms with van der Waals surface area (Å²) < 4.78 is 52.0. The van der Waals surface area contributed by atoms with Gasteiger partial charge in [-0.3, -0.25) is 0 Å². The van der Waals surface area contributed by atoms with Gasteiger partial charge >= 0.3 is 0 Å². The predicted molar refractivity (Wildman–Crippen MR) is 61.4 cm³/mol. The van der Waals surface area contributed by atoms with Gasteiger partial charge in [-0.15, -0.1) is 0 Å². The molecule has 1 N–H and O–H groups in total. The normalized spacial score (nSPS) is 11.2. The van der Waals surface area contributed by atoms with E-state index in [1.54, 1.807) is 0 Å². The first-order chi connectivity index (χ1) is 9.04. The van der Waals surface area contributed by atoms with Gasteiger partial charge in [-0.05, 0) is 18.2 Å². The van der Waals surface area contributed by atoms with Crippen molar-refractivity contribution in [3.63, 3.8) is 0 Å². The van der Waals surface area contributed by atoms with Crippen molar-refractivity contribution in [1.82, 2.24) is 9.97 Å². The smallest absolute Gasteiger partial charge is 0.161 e. The van der Waals surface area contributed by atoms with Gasteiger partial charge in [0, 0.05) is 17.7 Å². The molecular weight excluding hydrogens is 260 g/mol. The molecule has 0 amide bonds. The van der Waals surface area contributed by atoms with Crippen LogP contribution in [-0.4, -0.2) is 9.97 Å². The van der Waals surface area contributed by atoms with Crippen molar-refractivity contribution in [1.29, 1.82) is 0 Å². The van der Waals surface area contributed by atoms with Crippen molar-refractivity contribution in [2.24, 2.45) is 0 Å². The molecule has 0 aliphatic carbocycles. The Labute approximate surface area is 104 Å². The third kappa shape index (κ3) is 1.95. The number of hydrogen-bond acceptors (Lipinski definition) is 1. The minimum absolute atomic E-state index is 0.207. The number of fused-ring (bicyclic) bond motifs is 1. The Bertz CT molecular complexity index is 741. The number of nitrogens with zero attached hydrogens (tertiary/aromatic N) is 1. The lowest BCUT2D eigenvalue weighted by atomic mass is 10.2. The zero-order valence-corrected chi connectivity index (χ0v) is 9.35. The van der Waals surface area contributed by atoms with E-state index in [-0.39, 0.29) is 22.4 Å². The van der Waals surface area contributed by atoms with Crippen LogP contribution >= 0.6 is 0 Å². The highest BCUT2D eigenvalue weighted by molar-refractivity contribution is 5.79. The molecule has 0 radical (unpaired) electrons. The molecule has 0 bridgehead atoms. The highest BCUT2D eigenvalue weighted by Gasteiger charge is 2.11. The second-order valence-corrected chi connectivity index (χ2v) is 4.00. The number of hydrogen-bond donors (Lipinski definition) is 1. The van der Waals surface area contributed by atoms with E-state index in [2.05, 4.69) is 9.97 Å². The van der Waals surface area contributed by atoms with Crippen LogP contribution in [0.4, 0.5) is 17.6 Å². The van der Waals surface area contributed by atoms with Crippen LogP contribution in [0.25, 0.3) is 22.4 Å². The standard InChI is InChI=1S/C13H6F4N2/c14-7-2-1-6(3-8(7)15)13-18-11-4-9(16)10(17)5-12(11)19-13/h1-5H,(H,18,19). The second kappa shape index (κ2) is 4.08. The monoisotopic (exact) mass is 266 g/mol. The molecule has 19 heavy (non-hydrogen) atoms. The molecule has 1 aromatic heterocycles. The highest BCUT2D eigenvalue weighted by Crippen LogP contribution is 2.23. The van der Waals surface area contributed by atoms with Crippen LogP contribution in [0.3, 0.4) is 0 Å². The molecule has 3 aromatic rings. The first-order valence-corrected chi connectivity index (χ1v) is 5.35. The van der Waals surface area contributed by atoms with Crippen LogP contribution in [0.15, 0.2) is 30.3 Å². The number of imidazole rings is 1. The molecule has 2 nitrogen and oxygen atoms in total. The van der Waals surface area contributed by atoms with E-state index < -0.39 is 23.3 Å². The molecule has 1 heterocycles. The van der Waals surface area contributed by atoms with Crippen LogP contribution in [0.1, 0.15) is 0 Å². The number of aromatic amines is 1. The topological polar surface area (TPSA) is 28.7 Å². The number of aromatic nitrogens is 2. The Hall–Kier alpha value is -2.37. The zero-order chi connectivity index (χ0) is 13.6. The summed E-state index contributed by atoms with van der Waals surface area (Å²) in [5, 5.41) is 0. The molecule has 0 unspecified atom stereocenters. The van der Waals surface area contributed by atoms with Crippen molar-refractivity contribution in [3.05, 3.63) is 53.6 Å². The molecule has 0 saturated heterocycles. The summed E-state index contributed by atoms with van der Waals surface area (Å²) >= 11 is 0. The maximum Gasteiger partial charge on any atom is 0.161 e. The summed E-state index contributed by atoms with van der Waals surface area (Å²) in [7, 11) is 0. The Morgan fingerprint density at radius 2 is 1.47 bits per heavy atom. The third-order valence-corrected chi connectivity index (χ3v) is 2.72. The van der Waals surface area contributed by atoms with Gasteiger partial charge in [-0.1, -0.05) is 0 Å². The summed E-state index contributed by atoms with van der Waals surface area (Å²) in [6.07, 6.45) is 0. The molecular formula is C13H6F4N2. The quantitative estimate of drug-likeness (QED) is 0.667. The SMILES string of the molecule is Fc1ccc(-c2nc3cc(F)c(F)cc3[nH]2)cc1F. The fraction of sp³-hybridized carbons (Fsp3) is 0. The second-order valence-electron chi connectivity index (χ2n) is 4.00. The highest BCUT2D eigenvalue weighted by atomic mass is 19.2. The molecule has 2 aromatic carbocycles. The maximum absolute atomic E-state index is 13.1. The Balaban J connectivity index is 2.17. The predicted octanol–water partition coefficient (Wildman–Crippen LogP) is 3.79. The molecule has 0 aliphatic heterocycles. The van der Waals surface area contributed by atoms with Crippen molar-refractivity contribution in [2.75, 3.05) is 0 Å². The molecule has 0 saturated carbocycles. The molecule has 0 spiro atoms. The summed E-state index contributed by atoms with van der Waals surface area (Å²) in [4.78, 5) is 6.72. The Kier molecular flexibility index (Phi) is 2.51. The van der Waals surface area contributed by atoms with Gasteiger partial charge in [0.15, 0.2) is 23.3 Å². The first kappa shape index (κ1) is 11.7. The lowest BCUT2D eigenvalue weighted by Gasteiger charge is -1.97. The van der Waals surface area contributed by atoms with E-state index >= 15 is 0 Å². The Morgan fingerprint density at radius 3 is 2.21 bits per heavy atom. The van der Waals surface area contributed by atoms with E-state index in [4.69, 9.17) is 0 Å². The molecule has 0 atom stereocenters. The van der Waals surface area contributed by atoms with E-state index in [1.807, 2.05) is 0 Å². The summed E-state index contributed by atoms with van der Waals surface area (Å²) in [5.41, 5.74) is 0.771. The number of halogens is 4. The van der Waals surface area contributed by atoms with Crippen molar-refractivity contribution < 1.29 is 17.6 Å². The maximum atomic E-state index is 13.1. The van der Waals surface area contributed by atoms with Crippen molar-refractivity contribution in [3.8, 4) is 11.4 Å². The third-order valence-electron chi connectivity index (χ3n) is 2.72. The van der Waals surface area contributed by atoms with Gasteiger partial charge in [-0.25, -0.2) is 22.5 Å². The fourth-order valence-electron chi connectivity index (χ4n) is 1.79. The molecule has 96 valence electrons. The Morgan fingerprint density at radius 1 is 0.789 bits per heavy atom. The average molecular weight is 266 g/mol. The minimum atomic E-state index is -1.02. The van der Waals surface area contributed by atoms with Gasteiger partial charge in [0.1, 0.15) is 5.82 Å². The minimum Gasteiger partial charge on any atom is -0.338 e. The summed E-state index contributed by atoms with van der Waals surface area (Å²) in [6.45, 7) is 0. The van der Waals surface area contributed by atoms with Crippen LogP contribution in [-0.2, 0) is 0 Å². The largest absolute Gasteiger partial charge is 0.338 e. The number of rotatable bonds is 1. The molecule has 3 rings (SSSR count).